The van der Waals surface area contributed by atoms with Gasteiger partial charge < -0.3 is 10.8 Å². The molecule has 2 aromatic carbocycles. The largest absolute Gasteiger partial charge is 0.480 e. The first-order valence-corrected chi connectivity index (χ1v) is 10.2. The van der Waals surface area contributed by atoms with E-state index in [2.05, 4.69) is 17.6 Å². The molecule has 2 aromatic rings. The molecule has 160 valence electrons. The molecule has 6 nitrogen and oxygen atoms in total. The van der Waals surface area contributed by atoms with Crippen LogP contribution in [0.4, 0.5) is 5.69 Å². The zero-order chi connectivity index (χ0) is 20.5. The summed E-state index contributed by atoms with van der Waals surface area (Å²) in [6, 6.07) is 15.0. The third-order valence-corrected chi connectivity index (χ3v) is 6.03. The molecule has 1 aliphatic heterocycles. The molecule has 1 amide bonds. The first-order valence-electron chi connectivity index (χ1n) is 10.2. The number of halogens is 1. The van der Waals surface area contributed by atoms with E-state index in [-0.39, 0.29) is 30.2 Å². The molecule has 4 N–H and O–H groups in total. The molecule has 3 atom stereocenters. The first-order chi connectivity index (χ1) is 14.0. The van der Waals surface area contributed by atoms with Gasteiger partial charge in [0, 0.05) is 12.1 Å². The van der Waals surface area contributed by atoms with Crippen LogP contribution < -0.4 is 16.2 Å². The number of rotatable bonds is 7. The van der Waals surface area contributed by atoms with Gasteiger partial charge in [0.25, 0.3) is 0 Å². The summed E-state index contributed by atoms with van der Waals surface area (Å²) >= 11 is 0. The Kier molecular flexibility index (Phi) is 6.81. The van der Waals surface area contributed by atoms with Crippen LogP contribution in [0.25, 0.3) is 11.1 Å². The number of nitrogens with zero attached hydrogens (tertiary/aromatic N) is 1. The second kappa shape index (κ2) is 9.16. The normalized spacial score (nSPS) is 19.7. The molecule has 0 saturated heterocycles. The van der Waals surface area contributed by atoms with Gasteiger partial charge in [-0.25, -0.2) is 10.4 Å². The first kappa shape index (κ1) is 22.3. The van der Waals surface area contributed by atoms with E-state index in [1.807, 2.05) is 36.4 Å². The SMILES string of the molecule is CC(CNN1C(=O)C(CC2CC2)c2ccccc2-c2ccccc21)[C@H](N)C(=O)O.Cl. The van der Waals surface area contributed by atoms with Crippen LogP contribution in [0.3, 0.4) is 0 Å². The molecule has 1 aliphatic carbocycles. The maximum Gasteiger partial charge on any atom is 0.320 e. The highest BCUT2D eigenvalue weighted by Crippen LogP contribution is 2.45. The number of hydrazine groups is 1. The Morgan fingerprint density at radius 2 is 1.80 bits per heavy atom. The monoisotopic (exact) mass is 429 g/mol. The third-order valence-electron chi connectivity index (χ3n) is 6.03. The Labute approximate surface area is 182 Å². The average molecular weight is 430 g/mol. The number of hydrogen-bond donors (Lipinski definition) is 3. The molecule has 2 aliphatic rings. The third kappa shape index (κ3) is 4.36. The van der Waals surface area contributed by atoms with Crippen LogP contribution in [0.2, 0.25) is 0 Å². The number of carbonyl (C=O) groups excluding carboxylic acids is 1. The van der Waals surface area contributed by atoms with Crippen LogP contribution in [0.15, 0.2) is 48.5 Å². The lowest BCUT2D eigenvalue weighted by atomic mass is 9.88. The smallest absolute Gasteiger partial charge is 0.320 e. The lowest BCUT2D eigenvalue weighted by molar-refractivity contribution is -0.139. The number of aliphatic carboxylic acids is 1. The van der Waals surface area contributed by atoms with Gasteiger partial charge in [0.05, 0.1) is 11.6 Å². The van der Waals surface area contributed by atoms with Gasteiger partial charge >= 0.3 is 5.97 Å². The van der Waals surface area contributed by atoms with E-state index in [0.717, 1.165) is 28.8 Å². The summed E-state index contributed by atoms with van der Waals surface area (Å²) in [6.07, 6.45) is 3.19. The summed E-state index contributed by atoms with van der Waals surface area (Å²) in [5, 5.41) is 10.8. The van der Waals surface area contributed by atoms with Crippen molar-refractivity contribution < 1.29 is 14.7 Å². The summed E-state index contributed by atoms with van der Waals surface area (Å²) in [7, 11) is 0. The number of carboxylic acids is 1. The Bertz CT molecular complexity index is 931. The molecule has 0 aromatic heterocycles. The number of fused-ring (bicyclic) bond motifs is 3. The summed E-state index contributed by atoms with van der Waals surface area (Å²) in [5.41, 5.74) is 12.9. The molecule has 0 bridgehead atoms. The molecule has 1 fully saturated rings. The van der Waals surface area contributed by atoms with Gasteiger partial charge in [0.2, 0.25) is 5.91 Å². The number of anilines is 1. The van der Waals surface area contributed by atoms with Gasteiger partial charge in [-0.2, -0.15) is 0 Å². The molecule has 1 heterocycles. The summed E-state index contributed by atoms with van der Waals surface area (Å²) in [5.74, 6) is -0.993. The second-order valence-electron chi connectivity index (χ2n) is 8.21. The fourth-order valence-electron chi connectivity index (χ4n) is 4.03. The summed E-state index contributed by atoms with van der Waals surface area (Å²) in [4.78, 5) is 24.9. The van der Waals surface area contributed by atoms with Crippen molar-refractivity contribution in [2.45, 2.75) is 38.1 Å². The Hall–Kier alpha value is -2.41. The Morgan fingerprint density at radius 3 is 2.47 bits per heavy atom. The van der Waals surface area contributed by atoms with Gasteiger partial charge in [-0.15, -0.1) is 12.4 Å². The Morgan fingerprint density at radius 1 is 1.17 bits per heavy atom. The fraction of sp³-hybridized carbons (Fsp3) is 0.391. The van der Waals surface area contributed by atoms with Crippen molar-refractivity contribution in [2.75, 3.05) is 11.6 Å². The number of amides is 1. The minimum Gasteiger partial charge on any atom is -0.480 e. The van der Waals surface area contributed by atoms with Crippen LogP contribution in [0.5, 0.6) is 0 Å². The molecule has 2 unspecified atom stereocenters. The Balaban J connectivity index is 0.00000256. The number of nitrogens with one attached hydrogen (secondary N) is 1. The van der Waals surface area contributed by atoms with Crippen molar-refractivity contribution in [3.05, 3.63) is 54.1 Å². The number of benzene rings is 2. The van der Waals surface area contributed by atoms with Crippen molar-refractivity contribution in [1.82, 2.24) is 5.43 Å². The molecule has 4 rings (SSSR count). The average Bonchev–Trinajstić information content (AvgIpc) is 3.56. The minimum absolute atomic E-state index is 0. The maximum atomic E-state index is 13.7. The van der Waals surface area contributed by atoms with Crippen molar-refractivity contribution in [3.63, 3.8) is 0 Å². The molecule has 1 saturated carbocycles. The van der Waals surface area contributed by atoms with Crippen molar-refractivity contribution in [3.8, 4) is 11.1 Å². The van der Waals surface area contributed by atoms with Gasteiger partial charge in [-0.1, -0.05) is 62.2 Å². The lowest BCUT2D eigenvalue weighted by Gasteiger charge is -2.28. The number of carboxylic acid groups (broad SMARTS) is 1. The van der Waals surface area contributed by atoms with Crippen LogP contribution in [-0.4, -0.2) is 29.6 Å². The van der Waals surface area contributed by atoms with Crippen molar-refractivity contribution >= 4 is 30.0 Å². The minimum atomic E-state index is -1.04. The van der Waals surface area contributed by atoms with E-state index in [0.29, 0.717) is 12.5 Å². The second-order valence-corrected chi connectivity index (χ2v) is 8.21. The van der Waals surface area contributed by atoms with E-state index >= 15 is 0 Å². The zero-order valence-electron chi connectivity index (χ0n) is 17.0. The summed E-state index contributed by atoms with van der Waals surface area (Å²) < 4.78 is 0. The highest BCUT2D eigenvalue weighted by atomic mass is 35.5. The van der Waals surface area contributed by atoms with Crippen LogP contribution in [0, 0.1) is 11.8 Å². The van der Waals surface area contributed by atoms with E-state index in [1.165, 1.54) is 12.8 Å². The van der Waals surface area contributed by atoms with Crippen LogP contribution in [0.1, 0.15) is 37.7 Å². The number of hydrogen-bond acceptors (Lipinski definition) is 4. The van der Waals surface area contributed by atoms with Crippen molar-refractivity contribution in [2.24, 2.45) is 17.6 Å². The molecule has 30 heavy (non-hydrogen) atoms. The molecule has 0 spiro atoms. The van der Waals surface area contributed by atoms with Gasteiger partial charge in [-0.3, -0.25) is 9.59 Å². The standard InChI is InChI=1S/C23H27N3O3.ClH/c1-14(21(24)23(28)29)13-25-26-20-9-5-4-8-18(20)16-6-2-3-7-17(16)19(22(26)27)12-15-10-11-15;/h2-9,14-15,19,21,25H,10-13,24H2,1H3,(H,28,29);1H/t14?,19?,21-;/m0./s1. The van der Waals surface area contributed by atoms with Gasteiger partial charge in [0.1, 0.15) is 6.04 Å². The zero-order valence-corrected chi connectivity index (χ0v) is 17.8. The van der Waals surface area contributed by atoms with Crippen LogP contribution >= 0.6 is 12.4 Å². The summed E-state index contributed by atoms with van der Waals surface area (Å²) in [6.45, 7) is 2.07. The predicted octanol–water partition coefficient (Wildman–Crippen LogP) is 3.56. The predicted molar refractivity (Wildman–Crippen MR) is 119 cm³/mol. The molecule has 7 heteroatoms. The van der Waals surface area contributed by atoms with Gasteiger partial charge in [0.15, 0.2) is 0 Å². The van der Waals surface area contributed by atoms with E-state index in [9.17, 15) is 14.7 Å². The number of nitrogens with two attached hydrogens (primary N) is 1. The van der Waals surface area contributed by atoms with Gasteiger partial charge in [-0.05, 0) is 35.4 Å². The van der Waals surface area contributed by atoms with E-state index < -0.39 is 12.0 Å². The number of carbonyl (C=O) groups is 2. The van der Waals surface area contributed by atoms with E-state index in [1.54, 1.807) is 11.9 Å². The molecular weight excluding hydrogens is 402 g/mol. The van der Waals surface area contributed by atoms with Crippen LogP contribution in [-0.2, 0) is 9.59 Å². The molecule has 0 radical (unpaired) electrons. The highest BCUT2D eigenvalue weighted by molar-refractivity contribution is 6.04. The number of para-hydroxylation sites is 1. The lowest BCUT2D eigenvalue weighted by Crippen LogP contribution is -2.50. The molecular formula is C23H28ClN3O3. The topological polar surface area (TPSA) is 95.7 Å². The van der Waals surface area contributed by atoms with E-state index in [4.69, 9.17) is 5.73 Å². The highest BCUT2D eigenvalue weighted by Gasteiger charge is 2.38. The fourth-order valence-corrected chi connectivity index (χ4v) is 4.03. The quantitative estimate of drug-likeness (QED) is 0.625. The van der Waals surface area contributed by atoms with Crippen molar-refractivity contribution in [1.29, 1.82) is 0 Å². The maximum absolute atomic E-state index is 13.7.